The molecule has 1 amide bonds. The quantitative estimate of drug-likeness (QED) is 0.840. The van der Waals surface area contributed by atoms with E-state index in [0.717, 1.165) is 25.8 Å². The summed E-state index contributed by atoms with van der Waals surface area (Å²) in [6, 6.07) is 9.08. The summed E-state index contributed by atoms with van der Waals surface area (Å²) in [5, 5.41) is 9.22. The highest BCUT2D eigenvalue weighted by molar-refractivity contribution is 5.78. The number of fused-ring (bicyclic) bond motifs is 1. The zero-order valence-corrected chi connectivity index (χ0v) is 14.7. The van der Waals surface area contributed by atoms with Crippen molar-refractivity contribution in [3.63, 3.8) is 0 Å². The molecule has 4 nitrogen and oxygen atoms in total. The SMILES string of the molecule is CC(C)N(C)C(=O)CN(CCCO)C1CCCc2ccccc21. The molecule has 0 aliphatic heterocycles. The molecule has 1 unspecified atom stereocenters. The molecule has 2 rings (SSSR count). The van der Waals surface area contributed by atoms with Crippen molar-refractivity contribution in [3.05, 3.63) is 35.4 Å². The maximum Gasteiger partial charge on any atom is 0.236 e. The summed E-state index contributed by atoms with van der Waals surface area (Å²) in [6.07, 6.45) is 4.07. The van der Waals surface area contributed by atoms with Gasteiger partial charge in [-0.3, -0.25) is 9.69 Å². The number of aliphatic hydroxyl groups is 1. The van der Waals surface area contributed by atoms with E-state index in [1.807, 2.05) is 20.9 Å². The first kappa shape index (κ1) is 18.0. The van der Waals surface area contributed by atoms with Crippen LogP contribution in [-0.4, -0.2) is 53.6 Å². The number of likely N-dealkylation sites (N-methyl/N-ethyl adjacent to an activating group) is 1. The molecule has 0 saturated carbocycles. The number of carbonyl (C=O) groups excluding carboxylic acids is 1. The van der Waals surface area contributed by atoms with Crippen molar-refractivity contribution >= 4 is 5.91 Å². The average molecular weight is 318 g/mol. The third-order valence-electron chi connectivity index (χ3n) is 4.89. The maximum atomic E-state index is 12.5. The molecule has 4 heteroatoms. The number of aryl methyl sites for hydroxylation is 1. The number of hydrogen-bond acceptors (Lipinski definition) is 3. The van der Waals surface area contributed by atoms with Crippen molar-refractivity contribution in [2.75, 3.05) is 26.7 Å². The van der Waals surface area contributed by atoms with Gasteiger partial charge in [0.05, 0.1) is 6.54 Å². The summed E-state index contributed by atoms with van der Waals surface area (Å²) in [5.41, 5.74) is 2.76. The lowest BCUT2D eigenvalue weighted by atomic mass is 9.86. The van der Waals surface area contributed by atoms with Crippen LogP contribution in [0.1, 0.15) is 50.3 Å². The molecular weight excluding hydrogens is 288 g/mol. The van der Waals surface area contributed by atoms with Gasteiger partial charge in [-0.1, -0.05) is 24.3 Å². The van der Waals surface area contributed by atoms with Gasteiger partial charge in [0.25, 0.3) is 0 Å². The largest absolute Gasteiger partial charge is 0.396 e. The Morgan fingerprint density at radius 2 is 2.09 bits per heavy atom. The van der Waals surface area contributed by atoms with Gasteiger partial charge in [-0.2, -0.15) is 0 Å². The minimum atomic E-state index is 0.154. The Balaban J connectivity index is 2.17. The fourth-order valence-electron chi connectivity index (χ4n) is 3.30. The van der Waals surface area contributed by atoms with Crippen LogP contribution in [-0.2, 0) is 11.2 Å². The van der Waals surface area contributed by atoms with Crippen LogP contribution < -0.4 is 0 Å². The number of hydrogen-bond donors (Lipinski definition) is 1. The average Bonchev–Trinajstić information content (AvgIpc) is 2.57. The molecule has 1 aliphatic carbocycles. The summed E-state index contributed by atoms with van der Waals surface area (Å²) in [6.45, 7) is 5.41. The smallest absolute Gasteiger partial charge is 0.236 e. The van der Waals surface area contributed by atoms with Crippen LogP contribution in [0.25, 0.3) is 0 Å². The fraction of sp³-hybridized carbons (Fsp3) is 0.632. The second-order valence-electron chi connectivity index (χ2n) is 6.75. The molecule has 0 radical (unpaired) electrons. The van der Waals surface area contributed by atoms with Crippen molar-refractivity contribution in [2.45, 2.75) is 51.6 Å². The molecule has 0 saturated heterocycles. The van der Waals surface area contributed by atoms with Crippen LogP contribution in [0.2, 0.25) is 0 Å². The molecular formula is C19H30N2O2. The second kappa shape index (κ2) is 8.46. The summed E-state index contributed by atoms with van der Waals surface area (Å²) in [7, 11) is 1.87. The van der Waals surface area contributed by atoms with Gasteiger partial charge in [0.2, 0.25) is 5.91 Å². The van der Waals surface area contributed by atoms with Gasteiger partial charge >= 0.3 is 0 Å². The number of amides is 1. The summed E-state index contributed by atoms with van der Waals surface area (Å²) < 4.78 is 0. The molecule has 0 heterocycles. The van der Waals surface area contributed by atoms with Gasteiger partial charge in [0.1, 0.15) is 0 Å². The normalized spacial score (nSPS) is 17.4. The van der Waals surface area contributed by atoms with Gasteiger partial charge in [-0.25, -0.2) is 0 Å². The lowest BCUT2D eigenvalue weighted by Gasteiger charge is -2.36. The first-order chi connectivity index (χ1) is 11.0. The fourth-order valence-corrected chi connectivity index (χ4v) is 3.30. The van der Waals surface area contributed by atoms with Gasteiger partial charge in [-0.05, 0) is 50.7 Å². The molecule has 0 aromatic heterocycles. The van der Waals surface area contributed by atoms with E-state index in [0.29, 0.717) is 13.0 Å². The number of rotatable bonds is 7. The van der Waals surface area contributed by atoms with E-state index in [2.05, 4.69) is 29.2 Å². The predicted molar refractivity (Wildman–Crippen MR) is 93.3 cm³/mol. The van der Waals surface area contributed by atoms with Gasteiger partial charge in [-0.15, -0.1) is 0 Å². The van der Waals surface area contributed by atoms with Gasteiger partial charge < -0.3 is 10.0 Å². The minimum Gasteiger partial charge on any atom is -0.396 e. The van der Waals surface area contributed by atoms with E-state index in [-0.39, 0.29) is 24.6 Å². The van der Waals surface area contributed by atoms with E-state index in [4.69, 9.17) is 0 Å². The Labute approximate surface area is 140 Å². The van der Waals surface area contributed by atoms with Crippen LogP contribution in [0.15, 0.2) is 24.3 Å². The first-order valence-corrected chi connectivity index (χ1v) is 8.73. The molecule has 23 heavy (non-hydrogen) atoms. The second-order valence-corrected chi connectivity index (χ2v) is 6.75. The van der Waals surface area contributed by atoms with Crippen molar-refractivity contribution in [3.8, 4) is 0 Å². The predicted octanol–water partition coefficient (Wildman–Crippen LogP) is 2.62. The zero-order chi connectivity index (χ0) is 16.8. The molecule has 1 N–H and O–H groups in total. The Bertz CT molecular complexity index is 516. The zero-order valence-electron chi connectivity index (χ0n) is 14.7. The molecule has 128 valence electrons. The lowest BCUT2D eigenvalue weighted by Crippen LogP contribution is -2.43. The third-order valence-corrected chi connectivity index (χ3v) is 4.89. The van der Waals surface area contributed by atoms with Gasteiger partial charge in [0, 0.05) is 32.3 Å². The van der Waals surface area contributed by atoms with E-state index >= 15 is 0 Å². The first-order valence-electron chi connectivity index (χ1n) is 8.73. The van der Waals surface area contributed by atoms with Crippen LogP contribution in [0.4, 0.5) is 0 Å². The standard InChI is InChI=1S/C19H30N2O2/c1-15(2)20(3)19(23)14-21(12-7-13-22)18-11-6-9-16-8-4-5-10-17(16)18/h4-5,8,10,15,18,22H,6-7,9,11-14H2,1-3H3. The number of carbonyl (C=O) groups is 1. The summed E-state index contributed by atoms with van der Waals surface area (Å²) >= 11 is 0. The molecule has 1 aromatic rings. The summed E-state index contributed by atoms with van der Waals surface area (Å²) in [5.74, 6) is 0.154. The molecule has 0 bridgehead atoms. The Hall–Kier alpha value is -1.39. The molecule has 1 aromatic carbocycles. The van der Waals surface area contributed by atoms with E-state index < -0.39 is 0 Å². The number of nitrogens with zero attached hydrogens (tertiary/aromatic N) is 2. The minimum absolute atomic E-state index is 0.154. The molecule has 1 atom stereocenters. The van der Waals surface area contributed by atoms with Crippen molar-refractivity contribution in [1.82, 2.24) is 9.80 Å². The lowest BCUT2D eigenvalue weighted by molar-refractivity contribution is -0.133. The highest BCUT2D eigenvalue weighted by atomic mass is 16.3. The van der Waals surface area contributed by atoms with Crippen LogP contribution in [0, 0.1) is 0 Å². The number of aliphatic hydroxyl groups excluding tert-OH is 1. The van der Waals surface area contributed by atoms with Crippen molar-refractivity contribution in [2.24, 2.45) is 0 Å². The molecule has 0 spiro atoms. The summed E-state index contributed by atoms with van der Waals surface area (Å²) in [4.78, 5) is 16.6. The Kier molecular flexibility index (Phi) is 6.60. The van der Waals surface area contributed by atoms with E-state index in [9.17, 15) is 9.90 Å². The van der Waals surface area contributed by atoms with Crippen molar-refractivity contribution < 1.29 is 9.90 Å². The highest BCUT2D eigenvalue weighted by Gasteiger charge is 2.27. The number of benzene rings is 1. The molecule has 1 aliphatic rings. The van der Waals surface area contributed by atoms with Crippen LogP contribution in [0.5, 0.6) is 0 Å². The van der Waals surface area contributed by atoms with E-state index in [1.54, 1.807) is 4.90 Å². The van der Waals surface area contributed by atoms with Crippen molar-refractivity contribution in [1.29, 1.82) is 0 Å². The maximum absolute atomic E-state index is 12.5. The van der Waals surface area contributed by atoms with Gasteiger partial charge in [0.15, 0.2) is 0 Å². The highest BCUT2D eigenvalue weighted by Crippen LogP contribution is 2.34. The topological polar surface area (TPSA) is 43.8 Å². The Morgan fingerprint density at radius 1 is 1.35 bits per heavy atom. The third kappa shape index (κ3) is 4.55. The monoisotopic (exact) mass is 318 g/mol. The molecule has 0 fully saturated rings. The Morgan fingerprint density at radius 3 is 2.78 bits per heavy atom. The van der Waals surface area contributed by atoms with Crippen LogP contribution >= 0.6 is 0 Å². The van der Waals surface area contributed by atoms with E-state index in [1.165, 1.54) is 11.1 Å². The van der Waals surface area contributed by atoms with Crippen LogP contribution in [0.3, 0.4) is 0 Å².